The van der Waals surface area contributed by atoms with Gasteiger partial charge in [-0.25, -0.2) is 0 Å². The van der Waals surface area contributed by atoms with E-state index in [0.29, 0.717) is 12.8 Å². The van der Waals surface area contributed by atoms with Crippen LogP contribution in [0.2, 0.25) is 0 Å². The van der Waals surface area contributed by atoms with Crippen LogP contribution in [0.3, 0.4) is 0 Å². The molecule has 0 radical (unpaired) electrons. The van der Waals surface area contributed by atoms with Gasteiger partial charge in [-0.3, -0.25) is 4.79 Å². The van der Waals surface area contributed by atoms with Crippen LogP contribution >= 0.6 is 0 Å². The van der Waals surface area contributed by atoms with Gasteiger partial charge in [-0.1, -0.05) is 13.3 Å². The molecule has 1 N–H and O–H groups in total. The number of unbranched alkanes of at least 4 members (excludes halogenated alkanes) is 1. The highest BCUT2D eigenvalue weighted by Gasteiger charge is 2.07. The molecule has 0 aliphatic heterocycles. The molecular formula is C9H18O3. The molecule has 0 aromatic heterocycles. The first-order chi connectivity index (χ1) is 5.70. The van der Waals surface area contributed by atoms with Crippen molar-refractivity contribution >= 4 is 5.97 Å². The molecule has 0 aliphatic carbocycles. The Morgan fingerprint density at radius 3 is 2.75 bits per heavy atom. The second-order valence-electron chi connectivity index (χ2n) is 2.92. The molecule has 0 amide bonds. The van der Waals surface area contributed by atoms with Crippen molar-refractivity contribution in [3.05, 3.63) is 0 Å². The number of hydrogen-bond acceptors (Lipinski definition) is 3. The van der Waals surface area contributed by atoms with E-state index in [0.717, 1.165) is 12.8 Å². The first-order valence-electron chi connectivity index (χ1n) is 4.51. The average molecular weight is 174 g/mol. The first kappa shape index (κ1) is 11.4. The van der Waals surface area contributed by atoms with Crippen LogP contribution in [0.25, 0.3) is 0 Å². The molecule has 0 saturated heterocycles. The van der Waals surface area contributed by atoms with Crippen LogP contribution < -0.4 is 0 Å². The third kappa shape index (κ3) is 6.16. The summed E-state index contributed by atoms with van der Waals surface area (Å²) in [6.07, 6.45) is 2.75. The molecule has 0 rings (SSSR count). The maximum atomic E-state index is 11.0. The van der Waals surface area contributed by atoms with Gasteiger partial charge in [0.25, 0.3) is 0 Å². The number of aliphatic hydroxyl groups is 1. The number of hydrogen-bond donors (Lipinski definition) is 1. The molecule has 1 unspecified atom stereocenters. The molecule has 0 bridgehead atoms. The Labute approximate surface area is 73.7 Å². The molecule has 3 nitrogen and oxygen atoms in total. The number of carbonyl (C=O) groups excluding carboxylic acids is 1. The quantitative estimate of drug-likeness (QED) is 0.620. The van der Waals surface area contributed by atoms with Crippen molar-refractivity contribution in [3.8, 4) is 0 Å². The zero-order valence-electron chi connectivity index (χ0n) is 7.88. The van der Waals surface area contributed by atoms with E-state index in [-0.39, 0.29) is 18.7 Å². The molecule has 1 atom stereocenters. The van der Waals surface area contributed by atoms with E-state index < -0.39 is 0 Å². The molecule has 72 valence electrons. The highest BCUT2D eigenvalue weighted by Crippen LogP contribution is 2.02. The Hall–Kier alpha value is -0.570. The normalized spacial score (nSPS) is 12.6. The second kappa shape index (κ2) is 7.10. The number of esters is 1. The highest BCUT2D eigenvalue weighted by molar-refractivity contribution is 5.69. The van der Waals surface area contributed by atoms with Crippen molar-refractivity contribution in [2.24, 2.45) is 0 Å². The van der Waals surface area contributed by atoms with E-state index in [1.54, 1.807) is 6.92 Å². The van der Waals surface area contributed by atoms with Crippen molar-refractivity contribution in [1.82, 2.24) is 0 Å². The van der Waals surface area contributed by atoms with Gasteiger partial charge in [0.05, 0.1) is 0 Å². The molecule has 3 heteroatoms. The molecule has 0 aromatic rings. The van der Waals surface area contributed by atoms with Crippen molar-refractivity contribution in [2.45, 2.75) is 45.6 Å². The number of carbonyl (C=O) groups is 1. The van der Waals surface area contributed by atoms with Gasteiger partial charge in [0.2, 0.25) is 0 Å². The summed E-state index contributed by atoms with van der Waals surface area (Å²) >= 11 is 0. The SMILES string of the molecule is CCCCC(=O)OC(C)CCO. The summed E-state index contributed by atoms with van der Waals surface area (Å²) in [4.78, 5) is 11.0. The lowest BCUT2D eigenvalue weighted by molar-refractivity contribution is -0.148. The summed E-state index contributed by atoms with van der Waals surface area (Å²) in [7, 11) is 0. The third-order valence-corrected chi connectivity index (χ3v) is 1.60. The summed E-state index contributed by atoms with van der Waals surface area (Å²) in [5.74, 6) is -0.155. The lowest BCUT2D eigenvalue weighted by Gasteiger charge is -2.10. The Morgan fingerprint density at radius 2 is 2.25 bits per heavy atom. The highest BCUT2D eigenvalue weighted by atomic mass is 16.5. The van der Waals surface area contributed by atoms with E-state index in [1.807, 2.05) is 6.92 Å². The maximum absolute atomic E-state index is 11.0. The standard InChI is InChI=1S/C9H18O3/c1-3-4-5-9(11)12-8(2)6-7-10/h8,10H,3-7H2,1-2H3. The van der Waals surface area contributed by atoms with Crippen molar-refractivity contribution in [3.63, 3.8) is 0 Å². The zero-order valence-corrected chi connectivity index (χ0v) is 7.88. The second-order valence-corrected chi connectivity index (χ2v) is 2.92. The Morgan fingerprint density at radius 1 is 1.58 bits per heavy atom. The van der Waals surface area contributed by atoms with Crippen molar-refractivity contribution in [1.29, 1.82) is 0 Å². The zero-order chi connectivity index (χ0) is 9.40. The van der Waals surface area contributed by atoms with Gasteiger partial charge >= 0.3 is 5.97 Å². The van der Waals surface area contributed by atoms with Gasteiger partial charge in [-0.05, 0) is 13.3 Å². The summed E-state index contributed by atoms with van der Waals surface area (Å²) in [5, 5.41) is 8.53. The number of ether oxygens (including phenoxy) is 1. The van der Waals surface area contributed by atoms with Gasteiger partial charge in [0, 0.05) is 19.4 Å². The smallest absolute Gasteiger partial charge is 0.306 e. The molecule has 0 aromatic carbocycles. The summed E-state index contributed by atoms with van der Waals surface area (Å²) in [5.41, 5.74) is 0. The molecule has 12 heavy (non-hydrogen) atoms. The monoisotopic (exact) mass is 174 g/mol. The van der Waals surface area contributed by atoms with E-state index >= 15 is 0 Å². The first-order valence-corrected chi connectivity index (χ1v) is 4.51. The van der Waals surface area contributed by atoms with E-state index in [2.05, 4.69) is 0 Å². The van der Waals surface area contributed by atoms with Gasteiger partial charge in [-0.2, -0.15) is 0 Å². The van der Waals surface area contributed by atoms with Gasteiger partial charge < -0.3 is 9.84 Å². The largest absolute Gasteiger partial charge is 0.463 e. The Bertz CT molecular complexity index is 123. The van der Waals surface area contributed by atoms with E-state index in [4.69, 9.17) is 9.84 Å². The van der Waals surface area contributed by atoms with Crippen LogP contribution in [0.15, 0.2) is 0 Å². The van der Waals surface area contributed by atoms with Crippen LogP contribution in [0.4, 0.5) is 0 Å². The Kier molecular flexibility index (Phi) is 6.76. The van der Waals surface area contributed by atoms with Crippen LogP contribution in [-0.4, -0.2) is 23.8 Å². The molecule has 0 aliphatic rings. The van der Waals surface area contributed by atoms with Crippen LogP contribution in [0, 0.1) is 0 Å². The minimum atomic E-state index is -0.155. The lowest BCUT2D eigenvalue weighted by Crippen LogP contribution is -2.15. The minimum Gasteiger partial charge on any atom is -0.463 e. The predicted molar refractivity (Wildman–Crippen MR) is 46.8 cm³/mol. The number of rotatable bonds is 6. The van der Waals surface area contributed by atoms with Gasteiger partial charge in [0.1, 0.15) is 6.10 Å². The topological polar surface area (TPSA) is 46.5 Å². The Balaban J connectivity index is 3.40. The number of aliphatic hydroxyl groups excluding tert-OH is 1. The lowest BCUT2D eigenvalue weighted by atomic mass is 10.2. The van der Waals surface area contributed by atoms with Gasteiger partial charge in [0.15, 0.2) is 0 Å². The fourth-order valence-corrected chi connectivity index (χ4v) is 0.845. The van der Waals surface area contributed by atoms with E-state index in [1.165, 1.54) is 0 Å². The van der Waals surface area contributed by atoms with Crippen molar-refractivity contribution in [2.75, 3.05) is 6.61 Å². The molecule has 0 saturated carbocycles. The maximum Gasteiger partial charge on any atom is 0.306 e. The van der Waals surface area contributed by atoms with Crippen molar-refractivity contribution < 1.29 is 14.6 Å². The average Bonchev–Trinajstić information content (AvgIpc) is 2.01. The van der Waals surface area contributed by atoms with Crippen LogP contribution in [-0.2, 0) is 9.53 Å². The predicted octanol–water partition coefficient (Wildman–Crippen LogP) is 1.49. The van der Waals surface area contributed by atoms with Crippen LogP contribution in [0.5, 0.6) is 0 Å². The van der Waals surface area contributed by atoms with Gasteiger partial charge in [-0.15, -0.1) is 0 Å². The fourth-order valence-electron chi connectivity index (χ4n) is 0.845. The summed E-state index contributed by atoms with van der Waals surface area (Å²) < 4.78 is 4.99. The molecule has 0 heterocycles. The molecule has 0 fully saturated rings. The minimum absolute atomic E-state index is 0.0717. The van der Waals surface area contributed by atoms with Crippen LogP contribution in [0.1, 0.15) is 39.5 Å². The molecular weight excluding hydrogens is 156 g/mol. The molecule has 0 spiro atoms. The fraction of sp³-hybridized carbons (Fsp3) is 0.889. The third-order valence-electron chi connectivity index (χ3n) is 1.60. The summed E-state index contributed by atoms with van der Waals surface area (Å²) in [6.45, 7) is 3.90. The van der Waals surface area contributed by atoms with E-state index in [9.17, 15) is 4.79 Å². The summed E-state index contributed by atoms with van der Waals surface area (Å²) in [6, 6.07) is 0.